The first-order chi connectivity index (χ1) is 12.8. The van der Waals surface area contributed by atoms with E-state index in [2.05, 4.69) is 22.5 Å². The monoisotopic (exact) mass is 451 g/mol. The van der Waals surface area contributed by atoms with Crippen molar-refractivity contribution in [1.29, 1.82) is 0 Å². The fraction of sp³-hybridized carbons (Fsp3) is 0.524. The van der Waals surface area contributed by atoms with Crippen LogP contribution < -0.4 is 14.4 Å². The normalized spacial score (nSPS) is 22.7. The largest absolute Gasteiger partial charge is 0.452 e. The molecule has 2 aliphatic rings. The Balaban J connectivity index is 2.34. The zero-order valence-electron chi connectivity index (χ0n) is 17.1. The highest BCUT2D eigenvalue weighted by atomic mass is 79.9. The van der Waals surface area contributed by atoms with Gasteiger partial charge in [-0.15, -0.1) is 6.58 Å². The lowest BCUT2D eigenvalue weighted by molar-refractivity contribution is -0.129. The Morgan fingerprint density at radius 3 is 2.50 bits per heavy atom. The zero-order chi connectivity index (χ0) is 21.1. The lowest BCUT2D eigenvalue weighted by Crippen LogP contribution is -2.63. The van der Waals surface area contributed by atoms with Gasteiger partial charge >= 0.3 is 6.09 Å². The number of fused-ring (bicyclic) bond motifs is 3. The molecule has 152 valence electrons. The first kappa shape index (κ1) is 20.7. The molecular weight excluding hydrogens is 426 g/mol. The molecule has 3 rings (SSSR count). The van der Waals surface area contributed by atoms with Gasteiger partial charge in [-0.2, -0.15) is 0 Å². The van der Waals surface area contributed by atoms with Crippen LogP contribution in [0.1, 0.15) is 53.5 Å². The fourth-order valence-electron chi connectivity index (χ4n) is 3.95. The van der Waals surface area contributed by atoms with Gasteiger partial charge in [-0.25, -0.2) is 4.79 Å². The molecule has 1 amide bonds. The first-order valence-electron chi connectivity index (χ1n) is 9.16. The number of ether oxygens (including phenoxy) is 3. The number of benzene rings is 1. The number of Topliss-reactive ketones (excluding diaryl/α,β-unsaturated/α-hetero) is 1. The van der Waals surface area contributed by atoms with Crippen molar-refractivity contribution in [3.8, 4) is 11.5 Å². The summed E-state index contributed by atoms with van der Waals surface area (Å²) < 4.78 is 17.7. The minimum absolute atomic E-state index is 0.0408. The second-order valence-electron chi connectivity index (χ2n) is 8.85. The van der Waals surface area contributed by atoms with Gasteiger partial charge in [0, 0.05) is 0 Å². The molecule has 1 aromatic carbocycles. The van der Waals surface area contributed by atoms with Crippen molar-refractivity contribution in [2.75, 3.05) is 11.7 Å². The highest BCUT2D eigenvalue weighted by Crippen LogP contribution is 2.57. The minimum Gasteiger partial charge on any atom is -0.452 e. The van der Waals surface area contributed by atoms with Crippen LogP contribution in [0.15, 0.2) is 23.2 Å². The summed E-state index contributed by atoms with van der Waals surface area (Å²) in [5.41, 5.74) is -1.55. The molecule has 0 saturated heterocycles. The average Bonchev–Trinajstić information content (AvgIpc) is 3.03. The quantitative estimate of drug-likeness (QED) is 0.584. The number of ketones is 1. The van der Waals surface area contributed by atoms with E-state index >= 15 is 0 Å². The van der Waals surface area contributed by atoms with E-state index in [1.807, 2.05) is 13.0 Å². The number of hydrogen-bond donors (Lipinski definition) is 0. The predicted octanol–water partition coefficient (Wildman–Crippen LogP) is 5.11. The summed E-state index contributed by atoms with van der Waals surface area (Å²) in [6.45, 7) is 14.6. The van der Waals surface area contributed by atoms with E-state index in [0.29, 0.717) is 33.6 Å². The molecule has 28 heavy (non-hydrogen) atoms. The van der Waals surface area contributed by atoms with Crippen molar-refractivity contribution >= 4 is 33.5 Å². The Bertz CT molecular complexity index is 871. The molecule has 7 heteroatoms. The van der Waals surface area contributed by atoms with E-state index in [1.54, 1.807) is 40.7 Å². The number of anilines is 1. The Kier molecular flexibility index (Phi) is 4.81. The summed E-state index contributed by atoms with van der Waals surface area (Å²) in [5.74, 6) is 0.855. The number of allylic oxidation sites excluding steroid dienone is 1. The molecule has 0 spiro atoms. The van der Waals surface area contributed by atoms with Gasteiger partial charge in [-0.05, 0) is 75.5 Å². The third kappa shape index (κ3) is 3.00. The van der Waals surface area contributed by atoms with Crippen LogP contribution in [-0.2, 0) is 14.9 Å². The van der Waals surface area contributed by atoms with Crippen molar-refractivity contribution in [1.82, 2.24) is 0 Å². The standard InChI is InChI=1S/C21H26BrNO5/c1-8-9-21(7)12-10-13(22)15-16(27-11-26-15)14(12)23(20(5,6)17(21)24)18(25)28-19(2,3)4/h8,10H,1,9,11H2,2-7H3. The molecule has 2 aliphatic heterocycles. The number of rotatable bonds is 2. The molecule has 2 heterocycles. The van der Waals surface area contributed by atoms with Crippen LogP contribution in [0.25, 0.3) is 0 Å². The van der Waals surface area contributed by atoms with E-state index in [9.17, 15) is 9.59 Å². The van der Waals surface area contributed by atoms with Crippen LogP contribution in [0.5, 0.6) is 11.5 Å². The summed E-state index contributed by atoms with van der Waals surface area (Å²) in [5, 5.41) is 0. The number of halogens is 1. The van der Waals surface area contributed by atoms with Crippen molar-refractivity contribution in [2.24, 2.45) is 0 Å². The molecule has 1 unspecified atom stereocenters. The number of carbonyl (C=O) groups is 2. The lowest BCUT2D eigenvalue weighted by atomic mass is 9.66. The molecule has 0 N–H and O–H groups in total. The second kappa shape index (κ2) is 6.51. The summed E-state index contributed by atoms with van der Waals surface area (Å²) in [7, 11) is 0. The Hall–Kier alpha value is -2.02. The van der Waals surface area contributed by atoms with Gasteiger partial charge in [0.05, 0.1) is 15.6 Å². The van der Waals surface area contributed by atoms with Crippen LogP contribution in [-0.4, -0.2) is 29.8 Å². The van der Waals surface area contributed by atoms with Gasteiger partial charge in [0.15, 0.2) is 17.3 Å². The third-order valence-electron chi connectivity index (χ3n) is 5.13. The molecule has 0 aromatic heterocycles. The fourth-order valence-corrected chi connectivity index (χ4v) is 4.48. The highest BCUT2D eigenvalue weighted by Gasteiger charge is 2.56. The summed E-state index contributed by atoms with van der Waals surface area (Å²) >= 11 is 3.51. The van der Waals surface area contributed by atoms with Gasteiger partial charge in [0.25, 0.3) is 0 Å². The van der Waals surface area contributed by atoms with Gasteiger partial charge in [0.2, 0.25) is 6.79 Å². The molecule has 6 nitrogen and oxygen atoms in total. The number of amides is 1. The number of hydrogen-bond acceptors (Lipinski definition) is 5. The van der Waals surface area contributed by atoms with Crippen LogP contribution in [0, 0.1) is 0 Å². The van der Waals surface area contributed by atoms with Crippen molar-refractivity contribution in [3.05, 3.63) is 28.8 Å². The maximum absolute atomic E-state index is 13.6. The van der Waals surface area contributed by atoms with Crippen LogP contribution >= 0.6 is 15.9 Å². The maximum Gasteiger partial charge on any atom is 0.415 e. The number of nitrogens with zero attached hydrogens (tertiary/aromatic N) is 1. The molecule has 0 aliphatic carbocycles. The van der Waals surface area contributed by atoms with E-state index in [0.717, 1.165) is 0 Å². The van der Waals surface area contributed by atoms with Gasteiger partial charge in [-0.1, -0.05) is 6.08 Å². The van der Waals surface area contributed by atoms with E-state index in [-0.39, 0.29) is 12.6 Å². The van der Waals surface area contributed by atoms with E-state index in [4.69, 9.17) is 14.2 Å². The average molecular weight is 452 g/mol. The summed E-state index contributed by atoms with van der Waals surface area (Å²) in [6.07, 6.45) is 1.54. The highest BCUT2D eigenvalue weighted by molar-refractivity contribution is 9.10. The Morgan fingerprint density at radius 1 is 1.32 bits per heavy atom. The van der Waals surface area contributed by atoms with Crippen molar-refractivity contribution in [3.63, 3.8) is 0 Å². The lowest BCUT2D eigenvalue weighted by Gasteiger charge is -2.49. The third-order valence-corrected chi connectivity index (χ3v) is 5.72. The molecule has 0 radical (unpaired) electrons. The van der Waals surface area contributed by atoms with Gasteiger partial charge < -0.3 is 14.2 Å². The molecule has 0 saturated carbocycles. The number of carbonyl (C=O) groups excluding carboxylic acids is 2. The van der Waals surface area contributed by atoms with E-state index < -0.39 is 22.6 Å². The topological polar surface area (TPSA) is 65.1 Å². The summed E-state index contributed by atoms with van der Waals surface area (Å²) in [4.78, 5) is 28.2. The Morgan fingerprint density at radius 2 is 1.93 bits per heavy atom. The molecule has 1 aromatic rings. The van der Waals surface area contributed by atoms with Gasteiger partial charge in [0.1, 0.15) is 11.1 Å². The van der Waals surface area contributed by atoms with E-state index in [1.165, 1.54) is 4.90 Å². The van der Waals surface area contributed by atoms with Crippen molar-refractivity contribution in [2.45, 2.75) is 64.5 Å². The maximum atomic E-state index is 13.6. The van der Waals surface area contributed by atoms with Crippen LogP contribution in [0.4, 0.5) is 10.5 Å². The zero-order valence-corrected chi connectivity index (χ0v) is 18.7. The van der Waals surface area contributed by atoms with Crippen molar-refractivity contribution < 1.29 is 23.8 Å². The molecule has 0 bridgehead atoms. The van der Waals surface area contributed by atoms with Crippen LogP contribution in [0.3, 0.4) is 0 Å². The molecular formula is C21H26BrNO5. The predicted molar refractivity (Wildman–Crippen MR) is 110 cm³/mol. The second-order valence-corrected chi connectivity index (χ2v) is 9.70. The van der Waals surface area contributed by atoms with Crippen LogP contribution in [0.2, 0.25) is 0 Å². The Labute approximate surface area is 173 Å². The molecule has 0 fully saturated rings. The summed E-state index contributed by atoms with van der Waals surface area (Å²) in [6, 6.07) is 1.83. The molecule has 1 atom stereocenters. The minimum atomic E-state index is -1.15. The SMILES string of the molecule is C=CCC1(C)C(=O)C(C)(C)N(C(=O)OC(C)(C)C)c2c1cc(Br)c1c2OCO1. The van der Waals surface area contributed by atoms with Gasteiger partial charge in [-0.3, -0.25) is 9.69 Å². The smallest absolute Gasteiger partial charge is 0.415 e. The first-order valence-corrected chi connectivity index (χ1v) is 9.95.